The Morgan fingerprint density at radius 3 is 2.21 bits per heavy atom. The van der Waals surface area contributed by atoms with Crippen LogP contribution in [0.15, 0.2) is 54.6 Å². The molecule has 0 unspecified atom stereocenters. The largest absolute Gasteiger partial charge is 0.480 e. The van der Waals surface area contributed by atoms with Gasteiger partial charge in [0.2, 0.25) is 0 Å². The van der Waals surface area contributed by atoms with Gasteiger partial charge in [-0.1, -0.05) is 68.4 Å². The van der Waals surface area contributed by atoms with E-state index in [1.165, 1.54) is 5.56 Å². The molecular weight excluding hydrogens is 350 g/mol. The Labute approximate surface area is 167 Å². The van der Waals surface area contributed by atoms with Gasteiger partial charge in [0.1, 0.15) is 6.04 Å². The maximum atomic E-state index is 11.7. The van der Waals surface area contributed by atoms with Gasteiger partial charge in [-0.3, -0.25) is 4.79 Å². The highest BCUT2D eigenvalue weighted by atomic mass is 16.4. The summed E-state index contributed by atoms with van der Waals surface area (Å²) in [5.41, 5.74) is 2.44. The number of nitrogens with one attached hydrogen (secondary N) is 1. The molecule has 1 saturated carbocycles. The zero-order valence-corrected chi connectivity index (χ0v) is 16.8. The van der Waals surface area contributed by atoms with E-state index in [0.717, 1.165) is 24.0 Å². The predicted octanol–water partition coefficient (Wildman–Crippen LogP) is 4.23. The average molecular weight is 382 g/mol. The third-order valence-electron chi connectivity index (χ3n) is 5.95. The third-order valence-corrected chi connectivity index (χ3v) is 5.95. The van der Waals surface area contributed by atoms with Crippen molar-refractivity contribution in [3.63, 3.8) is 0 Å². The first-order chi connectivity index (χ1) is 13.4. The van der Waals surface area contributed by atoms with Crippen LogP contribution in [0.1, 0.15) is 62.1 Å². The molecule has 0 aromatic heterocycles. The molecule has 1 atom stereocenters. The van der Waals surface area contributed by atoms with Crippen LogP contribution in [0, 0.1) is 0 Å². The maximum Gasteiger partial charge on any atom is 0.321 e. The molecule has 0 amide bonds. The first kappa shape index (κ1) is 20.6. The van der Waals surface area contributed by atoms with Crippen LogP contribution in [0.2, 0.25) is 0 Å². The molecule has 1 fully saturated rings. The molecule has 1 aliphatic rings. The minimum Gasteiger partial charge on any atom is -0.480 e. The van der Waals surface area contributed by atoms with E-state index in [4.69, 9.17) is 0 Å². The van der Waals surface area contributed by atoms with E-state index in [9.17, 15) is 15.0 Å². The number of aliphatic hydroxyl groups is 1. The summed E-state index contributed by atoms with van der Waals surface area (Å²) < 4.78 is 0. The van der Waals surface area contributed by atoms with Crippen molar-refractivity contribution in [3.05, 3.63) is 71.3 Å². The molecule has 4 heteroatoms. The molecule has 0 bridgehead atoms. The van der Waals surface area contributed by atoms with E-state index in [1.807, 2.05) is 42.5 Å². The number of carbonyl (C=O) groups is 1. The van der Waals surface area contributed by atoms with Gasteiger partial charge < -0.3 is 15.5 Å². The van der Waals surface area contributed by atoms with Crippen LogP contribution in [0.3, 0.4) is 0 Å². The molecule has 0 saturated heterocycles. The van der Waals surface area contributed by atoms with E-state index in [0.29, 0.717) is 25.2 Å². The van der Waals surface area contributed by atoms with Gasteiger partial charge in [-0.05, 0) is 54.7 Å². The van der Waals surface area contributed by atoms with E-state index in [1.54, 1.807) is 0 Å². The summed E-state index contributed by atoms with van der Waals surface area (Å²) in [6.45, 7) is 4.32. The van der Waals surface area contributed by atoms with Gasteiger partial charge in [-0.25, -0.2) is 0 Å². The van der Waals surface area contributed by atoms with Gasteiger partial charge in [-0.15, -0.1) is 0 Å². The molecule has 28 heavy (non-hydrogen) atoms. The molecule has 0 aliphatic heterocycles. The van der Waals surface area contributed by atoms with Crippen molar-refractivity contribution in [1.29, 1.82) is 0 Å². The van der Waals surface area contributed by atoms with Crippen LogP contribution < -0.4 is 5.32 Å². The van der Waals surface area contributed by atoms with E-state index < -0.39 is 17.6 Å². The van der Waals surface area contributed by atoms with Crippen molar-refractivity contribution in [1.82, 2.24) is 5.32 Å². The topological polar surface area (TPSA) is 69.6 Å². The van der Waals surface area contributed by atoms with Crippen molar-refractivity contribution in [2.24, 2.45) is 0 Å². The number of rotatable bonds is 7. The fourth-order valence-electron chi connectivity index (χ4n) is 4.08. The highest BCUT2D eigenvalue weighted by molar-refractivity contribution is 5.74. The second kappa shape index (κ2) is 8.89. The number of aliphatic carboxylic acids is 1. The molecule has 2 aromatic carbocycles. The van der Waals surface area contributed by atoms with Crippen LogP contribution in [-0.2, 0) is 16.8 Å². The van der Waals surface area contributed by atoms with Gasteiger partial charge in [-0.2, -0.15) is 0 Å². The van der Waals surface area contributed by atoms with Crippen molar-refractivity contribution in [2.45, 2.75) is 69.6 Å². The SMILES string of the molecule is CC(C)c1ccc(C2(O)CCC(N[C@@H](Cc3ccccc3)C(=O)O)CC2)cc1. The van der Waals surface area contributed by atoms with Crippen LogP contribution in [0.5, 0.6) is 0 Å². The third kappa shape index (κ3) is 5.00. The molecule has 2 aromatic rings. The van der Waals surface area contributed by atoms with Crippen molar-refractivity contribution in [2.75, 3.05) is 0 Å². The summed E-state index contributed by atoms with van der Waals surface area (Å²) in [4.78, 5) is 11.7. The summed E-state index contributed by atoms with van der Waals surface area (Å²) >= 11 is 0. The van der Waals surface area contributed by atoms with Crippen LogP contribution in [0.4, 0.5) is 0 Å². The lowest BCUT2D eigenvalue weighted by molar-refractivity contribution is -0.139. The Morgan fingerprint density at radius 1 is 1.07 bits per heavy atom. The predicted molar refractivity (Wildman–Crippen MR) is 111 cm³/mol. The Balaban J connectivity index is 1.59. The molecule has 150 valence electrons. The number of hydrogen-bond acceptors (Lipinski definition) is 3. The molecule has 1 aliphatic carbocycles. The fraction of sp³-hybridized carbons (Fsp3) is 0.458. The fourth-order valence-corrected chi connectivity index (χ4v) is 4.08. The number of carboxylic acid groups (broad SMARTS) is 1. The summed E-state index contributed by atoms with van der Waals surface area (Å²) in [5.74, 6) is -0.352. The number of benzene rings is 2. The first-order valence-corrected chi connectivity index (χ1v) is 10.2. The normalized spacial score (nSPS) is 23.5. The lowest BCUT2D eigenvalue weighted by atomic mass is 9.77. The molecule has 3 N–H and O–H groups in total. The lowest BCUT2D eigenvalue weighted by Gasteiger charge is -2.37. The maximum absolute atomic E-state index is 11.7. The lowest BCUT2D eigenvalue weighted by Crippen LogP contribution is -2.48. The highest BCUT2D eigenvalue weighted by Crippen LogP contribution is 2.37. The molecule has 3 rings (SSSR count). The Kier molecular flexibility index (Phi) is 6.53. The zero-order valence-electron chi connectivity index (χ0n) is 16.8. The van der Waals surface area contributed by atoms with Crippen LogP contribution >= 0.6 is 0 Å². The van der Waals surface area contributed by atoms with Gasteiger partial charge >= 0.3 is 5.97 Å². The van der Waals surface area contributed by atoms with E-state index in [-0.39, 0.29) is 6.04 Å². The number of carboxylic acids is 1. The first-order valence-electron chi connectivity index (χ1n) is 10.2. The van der Waals surface area contributed by atoms with Gasteiger partial charge in [0, 0.05) is 6.04 Å². The monoisotopic (exact) mass is 381 g/mol. The molecular formula is C24H31NO3. The summed E-state index contributed by atoms with van der Waals surface area (Å²) in [7, 11) is 0. The number of hydrogen-bond donors (Lipinski definition) is 3. The summed E-state index contributed by atoms with van der Waals surface area (Å²) in [6.07, 6.45) is 3.28. The minimum atomic E-state index is -0.825. The molecule has 4 nitrogen and oxygen atoms in total. The van der Waals surface area contributed by atoms with Crippen LogP contribution in [-0.4, -0.2) is 28.3 Å². The summed E-state index contributed by atoms with van der Waals surface area (Å²) in [5, 5.41) is 24.0. The van der Waals surface area contributed by atoms with Crippen LogP contribution in [0.25, 0.3) is 0 Å². The van der Waals surface area contributed by atoms with Crippen molar-refractivity contribution < 1.29 is 15.0 Å². The van der Waals surface area contributed by atoms with E-state index in [2.05, 4.69) is 31.3 Å². The standard InChI is InChI=1S/C24H31NO3/c1-17(2)19-8-10-20(11-9-19)24(28)14-12-21(13-15-24)25-22(23(26)27)16-18-6-4-3-5-7-18/h3-11,17,21-22,25,28H,12-16H2,1-2H3,(H,26,27)/t21?,22-,24?/m0/s1. The Hall–Kier alpha value is -2.17. The smallest absolute Gasteiger partial charge is 0.321 e. The Morgan fingerprint density at radius 2 is 1.68 bits per heavy atom. The Bertz CT molecular complexity index is 762. The average Bonchev–Trinajstić information content (AvgIpc) is 2.70. The van der Waals surface area contributed by atoms with Gasteiger partial charge in [0.25, 0.3) is 0 Å². The second-order valence-electron chi connectivity index (χ2n) is 8.33. The highest BCUT2D eigenvalue weighted by Gasteiger charge is 2.36. The van der Waals surface area contributed by atoms with Crippen molar-refractivity contribution >= 4 is 5.97 Å². The molecule has 0 radical (unpaired) electrons. The second-order valence-corrected chi connectivity index (χ2v) is 8.33. The van der Waals surface area contributed by atoms with Gasteiger partial charge in [0.15, 0.2) is 0 Å². The van der Waals surface area contributed by atoms with E-state index >= 15 is 0 Å². The van der Waals surface area contributed by atoms with Gasteiger partial charge in [0.05, 0.1) is 5.60 Å². The van der Waals surface area contributed by atoms with Crippen molar-refractivity contribution in [3.8, 4) is 0 Å². The molecule has 0 heterocycles. The quantitative estimate of drug-likeness (QED) is 0.671. The molecule has 0 spiro atoms. The minimum absolute atomic E-state index is 0.111. The summed E-state index contributed by atoms with van der Waals surface area (Å²) in [6, 6.07) is 17.5. The zero-order chi connectivity index (χ0) is 20.1.